The number of hydrogen-bond acceptors (Lipinski definition) is 6. The zero-order valence-corrected chi connectivity index (χ0v) is 21.5. The number of thioether (sulfide) groups is 1. The lowest BCUT2D eigenvalue weighted by Crippen LogP contribution is -2.61. The number of aliphatic hydroxyl groups is 1. The van der Waals surface area contributed by atoms with Crippen LogP contribution < -0.4 is 10.2 Å². The van der Waals surface area contributed by atoms with Crippen LogP contribution in [0, 0.1) is 41.4 Å². The van der Waals surface area contributed by atoms with Crippen LogP contribution in [0.4, 0.5) is 5.82 Å². The average molecular weight is 500 g/mol. The zero-order valence-electron chi connectivity index (χ0n) is 20.7. The van der Waals surface area contributed by atoms with Gasteiger partial charge in [0.2, 0.25) is 0 Å². The number of carboxylic acid groups (broad SMARTS) is 1. The van der Waals surface area contributed by atoms with Gasteiger partial charge in [0.15, 0.2) is 0 Å². The number of nitrogens with zero attached hydrogens (tertiary/aromatic N) is 2. The number of hydrogen-bond donors (Lipinski definition) is 3. The summed E-state index contributed by atoms with van der Waals surface area (Å²) >= 11 is 1.65. The van der Waals surface area contributed by atoms with Crippen LogP contribution >= 0.6 is 11.8 Å². The number of nitrogens with one attached hydrogen (secondary N) is 1. The standard InChI is InChI=1S/C27H37N3O4S/c1-14(2)5-6-35-25-18(3-4-21(28-25)30-12-19-20(13-30)22(19)26(32)33)24(31)29-23-16-7-15-8-17(23)11-27(34,9-15)10-16/h3-4,14-17,19-20,22-23,34H,5-13H2,1-2H3,(H,29,31)(H,32,33)/t15?,16?,17?,19-,20+,22?,23?,27?. The van der Waals surface area contributed by atoms with E-state index in [1.165, 1.54) is 0 Å². The van der Waals surface area contributed by atoms with E-state index in [1.807, 2.05) is 12.1 Å². The van der Waals surface area contributed by atoms with E-state index in [9.17, 15) is 19.8 Å². The highest BCUT2D eigenvalue weighted by Crippen LogP contribution is 2.56. The summed E-state index contributed by atoms with van der Waals surface area (Å²) in [7, 11) is 0. The predicted molar refractivity (Wildman–Crippen MR) is 134 cm³/mol. The Morgan fingerprint density at radius 2 is 1.86 bits per heavy atom. The number of aromatic nitrogens is 1. The van der Waals surface area contributed by atoms with E-state index in [0.717, 1.165) is 68.2 Å². The van der Waals surface area contributed by atoms with E-state index >= 15 is 0 Å². The molecular formula is C27H37N3O4S. The lowest BCUT2D eigenvalue weighted by atomic mass is 9.52. The van der Waals surface area contributed by atoms with Crippen LogP contribution in [-0.2, 0) is 4.79 Å². The first-order valence-corrected chi connectivity index (χ1v) is 14.3. The first kappa shape index (κ1) is 23.6. The first-order valence-electron chi connectivity index (χ1n) is 13.4. The number of rotatable bonds is 8. The van der Waals surface area contributed by atoms with E-state index < -0.39 is 11.6 Å². The average Bonchev–Trinajstić information content (AvgIpc) is 3.29. The molecule has 8 heteroatoms. The second-order valence-electron chi connectivity index (χ2n) is 12.3. The maximum Gasteiger partial charge on any atom is 0.307 e. The SMILES string of the molecule is CC(C)CCSc1nc(N2C[C@@H]3C(C(=O)O)[C@@H]3C2)ccc1C(=O)NC1C2CC3CC1CC(O)(C3)C2. The molecule has 5 aliphatic carbocycles. The van der Waals surface area contributed by atoms with Crippen LogP contribution in [-0.4, -0.2) is 57.6 Å². The fourth-order valence-electron chi connectivity index (χ4n) is 7.81. The first-order chi connectivity index (χ1) is 16.7. The number of carboxylic acids is 1. The molecule has 0 aromatic carbocycles. The van der Waals surface area contributed by atoms with Crippen molar-refractivity contribution in [2.24, 2.45) is 41.4 Å². The lowest BCUT2D eigenvalue weighted by Gasteiger charge is -2.58. The summed E-state index contributed by atoms with van der Waals surface area (Å²) in [6, 6.07) is 3.99. The molecule has 6 aliphatic rings. The van der Waals surface area contributed by atoms with Crippen LogP contribution in [0.3, 0.4) is 0 Å². The van der Waals surface area contributed by atoms with Crippen molar-refractivity contribution in [2.75, 3.05) is 23.7 Å². The zero-order chi connectivity index (χ0) is 24.5. The Kier molecular flexibility index (Phi) is 5.83. The molecule has 1 aromatic heterocycles. The molecule has 4 bridgehead atoms. The fourth-order valence-corrected chi connectivity index (χ4v) is 9.06. The van der Waals surface area contributed by atoms with Crippen molar-refractivity contribution < 1.29 is 19.8 Å². The minimum atomic E-state index is -0.679. The molecule has 5 saturated carbocycles. The van der Waals surface area contributed by atoms with Gasteiger partial charge in [-0.1, -0.05) is 13.8 Å². The molecule has 1 saturated heterocycles. The fraction of sp³-hybridized carbons (Fsp3) is 0.741. The molecule has 35 heavy (non-hydrogen) atoms. The third-order valence-electron chi connectivity index (χ3n) is 9.37. The molecule has 5 atom stereocenters. The molecule has 2 heterocycles. The Bertz CT molecular complexity index is 1000. The number of aliphatic carboxylic acids is 1. The van der Waals surface area contributed by atoms with Crippen LogP contribution in [0.25, 0.3) is 0 Å². The molecule has 6 fully saturated rings. The van der Waals surface area contributed by atoms with Gasteiger partial charge >= 0.3 is 5.97 Å². The number of pyridine rings is 1. The van der Waals surface area contributed by atoms with Crippen LogP contribution in [0.2, 0.25) is 0 Å². The van der Waals surface area contributed by atoms with Crippen LogP contribution in [0.5, 0.6) is 0 Å². The number of fused-ring (bicyclic) bond motifs is 1. The number of carbonyl (C=O) groups excluding carboxylic acids is 1. The van der Waals surface area contributed by atoms with Gasteiger partial charge in [-0.2, -0.15) is 0 Å². The predicted octanol–water partition coefficient (Wildman–Crippen LogP) is 3.66. The monoisotopic (exact) mass is 499 g/mol. The van der Waals surface area contributed by atoms with Gasteiger partial charge in [0, 0.05) is 19.1 Å². The summed E-state index contributed by atoms with van der Waals surface area (Å²) in [6.07, 6.45) is 5.85. The van der Waals surface area contributed by atoms with Crippen molar-refractivity contribution in [3.8, 4) is 0 Å². The Morgan fingerprint density at radius 1 is 1.17 bits per heavy atom. The maximum absolute atomic E-state index is 13.5. The van der Waals surface area contributed by atoms with E-state index in [1.54, 1.807) is 11.8 Å². The molecule has 190 valence electrons. The van der Waals surface area contributed by atoms with Crippen molar-refractivity contribution in [2.45, 2.75) is 69.0 Å². The van der Waals surface area contributed by atoms with E-state index in [-0.39, 0.29) is 29.7 Å². The minimum absolute atomic E-state index is 0.0456. The lowest BCUT2D eigenvalue weighted by molar-refractivity contribution is -0.139. The Labute approximate surface area is 211 Å². The van der Waals surface area contributed by atoms with Crippen LogP contribution in [0.15, 0.2) is 17.2 Å². The van der Waals surface area contributed by atoms with Crippen molar-refractivity contribution in [1.82, 2.24) is 10.3 Å². The van der Waals surface area contributed by atoms with Gasteiger partial charge in [-0.15, -0.1) is 11.8 Å². The summed E-state index contributed by atoms with van der Waals surface area (Å²) in [5.74, 6) is 3.22. The van der Waals surface area contributed by atoms with Crippen molar-refractivity contribution in [3.63, 3.8) is 0 Å². The molecule has 0 radical (unpaired) electrons. The highest BCUT2D eigenvalue weighted by Gasteiger charge is 2.60. The minimum Gasteiger partial charge on any atom is -0.481 e. The highest BCUT2D eigenvalue weighted by atomic mass is 32.2. The summed E-state index contributed by atoms with van der Waals surface area (Å²) in [6.45, 7) is 5.86. The second kappa shape index (κ2) is 8.65. The highest BCUT2D eigenvalue weighted by molar-refractivity contribution is 7.99. The molecule has 3 N–H and O–H groups in total. The molecule has 1 amide bonds. The Balaban J connectivity index is 1.18. The topological polar surface area (TPSA) is 103 Å². The molecule has 7 nitrogen and oxygen atoms in total. The summed E-state index contributed by atoms with van der Waals surface area (Å²) in [5, 5.41) is 24.4. The van der Waals surface area contributed by atoms with Gasteiger partial charge in [0.1, 0.15) is 10.8 Å². The third kappa shape index (κ3) is 4.35. The van der Waals surface area contributed by atoms with Crippen LogP contribution in [0.1, 0.15) is 62.7 Å². The summed E-state index contributed by atoms with van der Waals surface area (Å²) in [4.78, 5) is 32.0. The summed E-state index contributed by atoms with van der Waals surface area (Å²) in [5.41, 5.74) is 0.136. The number of amides is 1. The van der Waals surface area contributed by atoms with E-state index in [0.29, 0.717) is 29.2 Å². The number of piperidine rings is 1. The van der Waals surface area contributed by atoms with Gasteiger partial charge in [-0.25, -0.2) is 4.98 Å². The van der Waals surface area contributed by atoms with Gasteiger partial charge in [-0.3, -0.25) is 9.59 Å². The Morgan fingerprint density at radius 3 is 2.46 bits per heavy atom. The number of anilines is 1. The van der Waals surface area contributed by atoms with Gasteiger partial charge in [0.25, 0.3) is 5.91 Å². The van der Waals surface area contributed by atoms with Gasteiger partial charge < -0.3 is 20.4 Å². The normalized spacial score (nSPS) is 38.6. The molecular weight excluding hydrogens is 462 g/mol. The molecule has 3 unspecified atom stereocenters. The maximum atomic E-state index is 13.5. The van der Waals surface area contributed by atoms with E-state index in [4.69, 9.17) is 4.98 Å². The quantitative estimate of drug-likeness (QED) is 0.469. The molecule has 0 spiro atoms. The van der Waals surface area contributed by atoms with Crippen molar-refractivity contribution in [3.05, 3.63) is 17.7 Å². The Hall–Kier alpha value is -1.80. The van der Waals surface area contributed by atoms with Crippen molar-refractivity contribution in [1.29, 1.82) is 0 Å². The van der Waals surface area contributed by atoms with E-state index in [2.05, 4.69) is 24.1 Å². The molecule has 1 aliphatic heterocycles. The largest absolute Gasteiger partial charge is 0.481 e. The van der Waals surface area contributed by atoms with Gasteiger partial charge in [-0.05, 0) is 91.9 Å². The molecule has 7 rings (SSSR count). The smallest absolute Gasteiger partial charge is 0.307 e. The van der Waals surface area contributed by atoms with Crippen molar-refractivity contribution >= 4 is 29.5 Å². The third-order valence-corrected chi connectivity index (χ3v) is 10.4. The second-order valence-corrected chi connectivity index (χ2v) is 13.4. The van der Waals surface area contributed by atoms with Gasteiger partial charge in [0.05, 0.1) is 17.1 Å². The number of carbonyl (C=O) groups is 2. The summed E-state index contributed by atoms with van der Waals surface area (Å²) < 4.78 is 0. The molecule has 1 aromatic rings.